The van der Waals surface area contributed by atoms with Gasteiger partial charge in [0.05, 0.1) is 5.02 Å². The van der Waals surface area contributed by atoms with Gasteiger partial charge in [0, 0.05) is 22.3 Å². The van der Waals surface area contributed by atoms with Gasteiger partial charge < -0.3 is 10.6 Å². The monoisotopic (exact) mass is 487 g/mol. The molecule has 0 bridgehead atoms. The number of carbonyl (C=O) groups is 2. The van der Waals surface area contributed by atoms with Crippen molar-refractivity contribution in [1.29, 1.82) is 0 Å². The van der Waals surface area contributed by atoms with Gasteiger partial charge in [-0.25, -0.2) is 4.98 Å². The fourth-order valence-electron chi connectivity index (χ4n) is 3.23. The van der Waals surface area contributed by atoms with Crippen molar-refractivity contribution in [3.05, 3.63) is 119 Å². The summed E-state index contributed by atoms with van der Waals surface area (Å²) in [4.78, 5) is 30.8. The number of nitrogens with one attached hydrogen (secondary N) is 2. The Hall–Kier alpha value is -3.61. The second-order valence-electron chi connectivity index (χ2n) is 7.61. The van der Waals surface area contributed by atoms with E-state index in [0.717, 1.165) is 16.0 Å². The molecule has 0 aliphatic rings. The quantitative estimate of drug-likeness (QED) is 0.282. The molecule has 0 aliphatic heterocycles. The third-order valence-corrected chi connectivity index (χ3v) is 6.45. The summed E-state index contributed by atoms with van der Waals surface area (Å²) in [5.74, 6) is 0.0310. The van der Waals surface area contributed by atoms with Crippen molar-refractivity contribution in [3.8, 4) is 0 Å². The number of amides is 2. The topological polar surface area (TPSA) is 71.1 Å². The van der Waals surface area contributed by atoms with Crippen molar-refractivity contribution in [3.63, 3.8) is 0 Å². The molecular formula is C27H22ClN3O2S. The third-order valence-electron chi connectivity index (χ3n) is 4.98. The zero-order chi connectivity index (χ0) is 23.9. The third kappa shape index (κ3) is 6.25. The van der Waals surface area contributed by atoms with Crippen LogP contribution in [0.3, 0.4) is 0 Å². The minimum Gasteiger partial charge on any atom is -0.322 e. The minimum atomic E-state index is -0.526. The van der Waals surface area contributed by atoms with Gasteiger partial charge in [-0.2, -0.15) is 0 Å². The molecular weight excluding hydrogens is 466 g/mol. The zero-order valence-corrected chi connectivity index (χ0v) is 19.9. The summed E-state index contributed by atoms with van der Waals surface area (Å²) in [7, 11) is 0. The van der Waals surface area contributed by atoms with Crippen LogP contribution in [0.1, 0.15) is 26.7 Å². The molecule has 0 radical (unpaired) electrons. The highest BCUT2D eigenvalue weighted by Gasteiger charge is 2.23. The summed E-state index contributed by atoms with van der Waals surface area (Å²) >= 11 is 7.30. The Morgan fingerprint density at radius 2 is 1.65 bits per heavy atom. The Morgan fingerprint density at radius 1 is 0.882 bits per heavy atom. The largest absolute Gasteiger partial charge is 0.322 e. The van der Waals surface area contributed by atoms with Gasteiger partial charge in [0.25, 0.3) is 5.91 Å². The Labute approximate surface area is 207 Å². The van der Waals surface area contributed by atoms with Gasteiger partial charge in [0.15, 0.2) is 0 Å². The number of benzene rings is 3. The molecule has 1 unspecified atom stereocenters. The lowest BCUT2D eigenvalue weighted by molar-refractivity contribution is -0.115. The van der Waals surface area contributed by atoms with E-state index in [0.29, 0.717) is 22.1 Å². The van der Waals surface area contributed by atoms with Gasteiger partial charge in [-0.1, -0.05) is 65.7 Å². The highest BCUT2D eigenvalue weighted by atomic mass is 35.5. The van der Waals surface area contributed by atoms with Gasteiger partial charge in [0.2, 0.25) is 5.91 Å². The second-order valence-corrected chi connectivity index (χ2v) is 9.22. The zero-order valence-electron chi connectivity index (χ0n) is 18.4. The molecule has 34 heavy (non-hydrogen) atoms. The lowest BCUT2D eigenvalue weighted by Gasteiger charge is -2.17. The normalized spacial score (nSPS) is 11.5. The van der Waals surface area contributed by atoms with Crippen LogP contribution >= 0.6 is 23.4 Å². The van der Waals surface area contributed by atoms with E-state index in [1.807, 2.05) is 73.7 Å². The molecule has 0 aliphatic carbocycles. The molecule has 4 aromatic rings. The summed E-state index contributed by atoms with van der Waals surface area (Å²) < 4.78 is 0. The van der Waals surface area contributed by atoms with Crippen LogP contribution < -0.4 is 10.6 Å². The predicted molar refractivity (Wildman–Crippen MR) is 138 cm³/mol. The van der Waals surface area contributed by atoms with Gasteiger partial charge in [-0.05, 0) is 55.0 Å². The summed E-state index contributed by atoms with van der Waals surface area (Å²) in [5.41, 5.74) is 3.19. The molecule has 5 nitrogen and oxygen atoms in total. The number of aromatic nitrogens is 1. The van der Waals surface area contributed by atoms with E-state index in [1.165, 1.54) is 18.0 Å². The number of carbonyl (C=O) groups excluding carboxylic acids is 2. The highest BCUT2D eigenvalue weighted by Crippen LogP contribution is 2.37. The molecule has 4 rings (SSSR count). The van der Waals surface area contributed by atoms with Crippen molar-refractivity contribution >= 4 is 46.7 Å². The van der Waals surface area contributed by atoms with Gasteiger partial charge in [0.1, 0.15) is 11.1 Å². The van der Waals surface area contributed by atoms with E-state index in [1.54, 1.807) is 24.3 Å². The molecule has 1 heterocycles. The number of rotatable bonds is 7. The number of aryl methyl sites for hydroxylation is 1. The van der Waals surface area contributed by atoms with Crippen molar-refractivity contribution in [2.75, 3.05) is 10.6 Å². The maximum Gasteiger partial charge on any atom is 0.255 e. The number of hydrogen-bond donors (Lipinski definition) is 2. The van der Waals surface area contributed by atoms with E-state index in [-0.39, 0.29) is 11.8 Å². The first-order chi connectivity index (χ1) is 16.5. The van der Waals surface area contributed by atoms with E-state index in [9.17, 15) is 9.59 Å². The summed E-state index contributed by atoms with van der Waals surface area (Å²) in [6.07, 6.45) is 1.49. The van der Waals surface area contributed by atoms with Crippen LogP contribution in [-0.4, -0.2) is 16.8 Å². The lowest BCUT2D eigenvalue weighted by Crippen LogP contribution is -2.19. The fraction of sp³-hybridized carbons (Fsp3) is 0.0741. The van der Waals surface area contributed by atoms with Gasteiger partial charge >= 0.3 is 0 Å². The van der Waals surface area contributed by atoms with Crippen LogP contribution in [-0.2, 0) is 4.79 Å². The number of nitrogens with zero attached hydrogens (tertiary/aromatic N) is 1. The van der Waals surface area contributed by atoms with Crippen LogP contribution in [0.25, 0.3) is 0 Å². The summed E-state index contributed by atoms with van der Waals surface area (Å²) in [6, 6.07) is 27.7. The first kappa shape index (κ1) is 23.5. The standard InChI is InChI=1S/C27H22ClN3O2S/c1-18-10-12-20(13-11-18)26(32)30-22-8-5-9-23(16-22)34-25(19-6-3-2-4-7-19)27(33)31-24-15-14-21(28)17-29-24/h2-17,25H,1H3,(H,30,32)(H,29,31,33). The van der Waals surface area contributed by atoms with E-state index in [4.69, 9.17) is 11.6 Å². The molecule has 1 aromatic heterocycles. The highest BCUT2D eigenvalue weighted by molar-refractivity contribution is 8.00. The first-order valence-electron chi connectivity index (χ1n) is 10.6. The Morgan fingerprint density at radius 3 is 2.35 bits per heavy atom. The number of halogens is 1. The molecule has 0 spiro atoms. The number of pyridine rings is 1. The van der Waals surface area contributed by atoms with Crippen LogP contribution in [0.5, 0.6) is 0 Å². The predicted octanol–water partition coefficient (Wildman–Crippen LogP) is 6.77. The van der Waals surface area contributed by atoms with Crippen molar-refractivity contribution in [2.24, 2.45) is 0 Å². The second kappa shape index (κ2) is 11.0. The van der Waals surface area contributed by atoms with Gasteiger partial charge in [-0.3, -0.25) is 9.59 Å². The SMILES string of the molecule is Cc1ccc(C(=O)Nc2cccc(SC(C(=O)Nc3ccc(Cl)cn3)c3ccccc3)c2)cc1. The fourth-order valence-corrected chi connectivity index (χ4v) is 4.43. The minimum absolute atomic E-state index is 0.187. The Balaban J connectivity index is 1.53. The Kier molecular flexibility index (Phi) is 7.62. The maximum atomic E-state index is 13.2. The molecule has 0 fully saturated rings. The molecule has 0 saturated carbocycles. The first-order valence-corrected chi connectivity index (χ1v) is 11.9. The number of anilines is 2. The molecule has 2 N–H and O–H groups in total. The van der Waals surface area contributed by atoms with Crippen LogP contribution in [0.2, 0.25) is 5.02 Å². The molecule has 1 atom stereocenters. The molecule has 7 heteroatoms. The van der Waals surface area contributed by atoms with Gasteiger partial charge in [-0.15, -0.1) is 11.8 Å². The summed E-state index contributed by atoms with van der Waals surface area (Å²) in [6.45, 7) is 1.98. The average Bonchev–Trinajstić information content (AvgIpc) is 2.85. The molecule has 170 valence electrons. The smallest absolute Gasteiger partial charge is 0.255 e. The average molecular weight is 488 g/mol. The van der Waals surface area contributed by atoms with Crippen molar-refractivity contribution in [1.82, 2.24) is 4.98 Å². The van der Waals surface area contributed by atoms with E-state index < -0.39 is 5.25 Å². The molecule has 2 amide bonds. The number of hydrogen-bond acceptors (Lipinski definition) is 4. The number of thioether (sulfide) groups is 1. The van der Waals surface area contributed by atoms with E-state index >= 15 is 0 Å². The van der Waals surface area contributed by atoms with Crippen molar-refractivity contribution in [2.45, 2.75) is 17.1 Å². The van der Waals surface area contributed by atoms with E-state index in [2.05, 4.69) is 15.6 Å². The molecule has 0 saturated heterocycles. The lowest BCUT2D eigenvalue weighted by atomic mass is 10.1. The van der Waals surface area contributed by atoms with Crippen LogP contribution in [0.15, 0.2) is 102 Å². The van der Waals surface area contributed by atoms with Crippen molar-refractivity contribution < 1.29 is 9.59 Å². The molecule has 3 aromatic carbocycles. The maximum absolute atomic E-state index is 13.2. The van der Waals surface area contributed by atoms with Crippen LogP contribution in [0, 0.1) is 6.92 Å². The Bertz CT molecular complexity index is 1280. The summed E-state index contributed by atoms with van der Waals surface area (Å²) in [5, 5.41) is 5.76. The van der Waals surface area contributed by atoms with Crippen LogP contribution in [0.4, 0.5) is 11.5 Å².